The van der Waals surface area contributed by atoms with E-state index >= 15 is 0 Å². The highest BCUT2D eigenvalue weighted by molar-refractivity contribution is 5.78. The molecular weight excluding hydrogens is 198 g/mol. The van der Waals surface area contributed by atoms with E-state index in [2.05, 4.69) is 12.2 Å². The van der Waals surface area contributed by atoms with Crippen molar-refractivity contribution in [3.05, 3.63) is 0 Å². The fraction of sp³-hybridized carbons (Fsp3) is 0.929. The van der Waals surface area contributed by atoms with Crippen LogP contribution in [0, 0.1) is 23.7 Å². The number of carbonyl (C=O) groups is 1. The van der Waals surface area contributed by atoms with Gasteiger partial charge in [-0.1, -0.05) is 19.8 Å². The summed E-state index contributed by atoms with van der Waals surface area (Å²) in [6.45, 7) is 5.09. The highest BCUT2D eigenvalue weighted by atomic mass is 16.1. The Labute approximate surface area is 99.2 Å². The molecule has 2 nitrogen and oxygen atoms in total. The normalized spacial score (nSPS) is 29.9. The standard InChI is InChI=1S/C14H25NO/c1-3-15-14(16)12(7-6-11-4-5-11)9-13-8-10(13)2/h10-13H,3-9H2,1-2H3,(H,15,16). The average molecular weight is 223 g/mol. The van der Waals surface area contributed by atoms with Crippen LogP contribution in [-0.2, 0) is 4.79 Å². The number of rotatable bonds is 7. The monoisotopic (exact) mass is 223 g/mol. The van der Waals surface area contributed by atoms with Crippen molar-refractivity contribution >= 4 is 5.91 Å². The second-order valence-corrected chi connectivity index (χ2v) is 5.82. The van der Waals surface area contributed by atoms with E-state index in [1.54, 1.807) is 0 Å². The summed E-state index contributed by atoms with van der Waals surface area (Å²) in [5.41, 5.74) is 0. The van der Waals surface area contributed by atoms with Gasteiger partial charge in [-0.25, -0.2) is 0 Å². The van der Waals surface area contributed by atoms with Gasteiger partial charge >= 0.3 is 0 Å². The first-order valence-corrected chi connectivity index (χ1v) is 6.98. The first kappa shape index (κ1) is 11.9. The lowest BCUT2D eigenvalue weighted by molar-refractivity contribution is -0.125. The molecule has 0 aliphatic heterocycles. The molecular formula is C14H25NO. The van der Waals surface area contributed by atoms with Crippen LogP contribution < -0.4 is 5.32 Å². The van der Waals surface area contributed by atoms with Gasteiger partial charge in [-0.05, 0) is 50.4 Å². The van der Waals surface area contributed by atoms with Gasteiger partial charge in [0.1, 0.15) is 0 Å². The van der Waals surface area contributed by atoms with Crippen LogP contribution >= 0.6 is 0 Å². The highest BCUT2D eigenvalue weighted by Crippen LogP contribution is 2.44. The van der Waals surface area contributed by atoms with Crippen LogP contribution in [0.15, 0.2) is 0 Å². The predicted molar refractivity (Wildman–Crippen MR) is 66.0 cm³/mol. The number of hydrogen-bond donors (Lipinski definition) is 1. The molecule has 2 aliphatic rings. The SMILES string of the molecule is CCNC(=O)C(CCC1CC1)CC1CC1C. The zero-order valence-corrected chi connectivity index (χ0v) is 10.7. The van der Waals surface area contributed by atoms with E-state index in [1.807, 2.05) is 6.92 Å². The second kappa shape index (κ2) is 5.20. The maximum absolute atomic E-state index is 11.9. The van der Waals surface area contributed by atoms with Crippen molar-refractivity contribution in [3.63, 3.8) is 0 Å². The van der Waals surface area contributed by atoms with Gasteiger partial charge in [-0.3, -0.25) is 4.79 Å². The van der Waals surface area contributed by atoms with Crippen molar-refractivity contribution in [2.24, 2.45) is 23.7 Å². The Kier molecular flexibility index (Phi) is 3.88. The van der Waals surface area contributed by atoms with E-state index in [1.165, 1.54) is 25.7 Å². The summed E-state index contributed by atoms with van der Waals surface area (Å²) in [6.07, 6.45) is 7.70. The highest BCUT2D eigenvalue weighted by Gasteiger charge is 2.36. The van der Waals surface area contributed by atoms with Gasteiger partial charge < -0.3 is 5.32 Å². The topological polar surface area (TPSA) is 29.1 Å². The van der Waals surface area contributed by atoms with Crippen LogP contribution in [0.2, 0.25) is 0 Å². The Morgan fingerprint density at radius 3 is 2.62 bits per heavy atom. The zero-order chi connectivity index (χ0) is 11.5. The van der Waals surface area contributed by atoms with Crippen molar-refractivity contribution in [1.29, 1.82) is 0 Å². The molecule has 2 aliphatic carbocycles. The third-order valence-corrected chi connectivity index (χ3v) is 4.21. The summed E-state index contributed by atoms with van der Waals surface area (Å²) in [6, 6.07) is 0. The minimum absolute atomic E-state index is 0.301. The molecule has 1 N–H and O–H groups in total. The number of amides is 1. The molecule has 0 aromatic rings. The molecule has 16 heavy (non-hydrogen) atoms. The Hall–Kier alpha value is -0.530. The van der Waals surface area contributed by atoms with Crippen LogP contribution in [0.1, 0.15) is 52.4 Å². The largest absolute Gasteiger partial charge is 0.356 e. The Morgan fingerprint density at radius 2 is 2.12 bits per heavy atom. The van der Waals surface area contributed by atoms with Gasteiger partial charge in [0.25, 0.3) is 0 Å². The third-order valence-electron chi connectivity index (χ3n) is 4.21. The molecule has 3 unspecified atom stereocenters. The lowest BCUT2D eigenvalue weighted by atomic mass is 9.94. The van der Waals surface area contributed by atoms with E-state index < -0.39 is 0 Å². The molecule has 2 rings (SSSR count). The maximum Gasteiger partial charge on any atom is 0.223 e. The Balaban J connectivity index is 1.75. The van der Waals surface area contributed by atoms with E-state index in [0.717, 1.165) is 37.1 Å². The van der Waals surface area contributed by atoms with Gasteiger partial charge in [0, 0.05) is 12.5 Å². The first-order valence-electron chi connectivity index (χ1n) is 6.98. The molecule has 0 heterocycles. The van der Waals surface area contributed by atoms with Gasteiger partial charge in [-0.15, -0.1) is 0 Å². The van der Waals surface area contributed by atoms with E-state index in [4.69, 9.17) is 0 Å². The van der Waals surface area contributed by atoms with Gasteiger partial charge in [-0.2, -0.15) is 0 Å². The third kappa shape index (κ3) is 3.50. The maximum atomic E-state index is 11.9. The molecule has 1 amide bonds. The average Bonchev–Trinajstić information content (AvgIpc) is 3.12. The minimum atomic E-state index is 0.301. The molecule has 0 bridgehead atoms. The summed E-state index contributed by atoms with van der Waals surface area (Å²) in [5, 5.41) is 3.00. The molecule has 0 aromatic carbocycles. The Morgan fingerprint density at radius 1 is 1.44 bits per heavy atom. The molecule has 3 atom stereocenters. The van der Waals surface area contributed by atoms with Crippen LogP contribution in [-0.4, -0.2) is 12.5 Å². The van der Waals surface area contributed by atoms with Gasteiger partial charge in [0.2, 0.25) is 5.91 Å². The molecule has 0 saturated heterocycles. The van der Waals surface area contributed by atoms with Crippen LogP contribution in [0.4, 0.5) is 0 Å². The van der Waals surface area contributed by atoms with E-state index in [0.29, 0.717) is 11.8 Å². The number of carbonyl (C=O) groups excluding carboxylic acids is 1. The fourth-order valence-electron chi connectivity index (χ4n) is 2.61. The predicted octanol–water partition coefficient (Wildman–Crippen LogP) is 2.98. The van der Waals surface area contributed by atoms with Crippen molar-refractivity contribution in [2.45, 2.75) is 52.4 Å². The second-order valence-electron chi connectivity index (χ2n) is 5.82. The first-order chi connectivity index (χ1) is 7.70. The molecule has 92 valence electrons. The van der Waals surface area contributed by atoms with E-state index in [9.17, 15) is 4.79 Å². The summed E-state index contributed by atoms with van der Waals surface area (Å²) >= 11 is 0. The number of nitrogens with one attached hydrogen (secondary N) is 1. The smallest absolute Gasteiger partial charge is 0.223 e. The van der Waals surface area contributed by atoms with Crippen molar-refractivity contribution in [1.82, 2.24) is 5.32 Å². The lowest BCUT2D eigenvalue weighted by Crippen LogP contribution is -2.31. The zero-order valence-electron chi connectivity index (χ0n) is 10.7. The summed E-state index contributed by atoms with van der Waals surface area (Å²) < 4.78 is 0. The van der Waals surface area contributed by atoms with Crippen molar-refractivity contribution in [2.75, 3.05) is 6.54 Å². The molecule has 2 heteroatoms. The molecule has 2 fully saturated rings. The van der Waals surface area contributed by atoms with Crippen LogP contribution in [0.25, 0.3) is 0 Å². The van der Waals surface area contributed by atoms with Crippen LogP contribution in [0.5, 0.6) is 0 Å². The van der Waals surface area contributed by atoms with Crippen molar-refractivity contribution in [3.8, 4) is 0 Å². The van der Waals surface area contributed by atoms with Crippen molar-refractivity contribution < 1.29 is 4.79 Å². The van der Waals surface area contributed by atoms with E-state index in [-0.39, 0.29) is 0 Å². The summed E-state index contributed by atoms with van der Waals surface area (Å²) in [4.78, 5) is 11.9. The molecule has 2 saturated carbocycles. The van der Waals surface area contributed by atoms with Gasteiger partial charge in [0.15, 0.2) is 0 Å². The van der Waals surface area contributed by atoms with Crippen LogP contribution in [0.3, 0.4) is 0 Å². The molecule has 0 spiro atoms. The fourth-order valence-corrected chi connectivity index (χ4v) is 2.61. The van der Waals surface area contributed by atoms with Gasteiger partial charge in [0.05, 0.1) is 0 Å². The molecule has 0 radical (unpaired) electrons. The molecule has 0 aromatic heterocycles. The lowest BCUT2D eigenvalue weighted by Gasteiger charge is -2.16. The quantitative estimate of drug-likeness (QED) is 0.706. The number of hydrogen-bond acceptors (Lipinski definition) is 1. The Bertz CT molecular complexity index is 247. The minimum Gasteiger partial charge on any atom is -0.356 e. The summed E-state index contributed by atoms with van der Waals surface area (Å²) in [5.74, 6) is 3.27. The summed E-state index contributed by atoms with van der Waals surface area (Å²) in [7, 11) is 0.